The Morgan fingerprint density at radius 3 is 2.50 bits per heavy atom. The molecule has 2 fully saturated rings. The molecular weight excluding hydrogens is 326 g/mol. The second-order valence-corrected chi connectivity index (χ2v) is 7.13. The van der Waals surface area contributed by atoms with Crippen LogP contribution in [0.5, 0.6) is 0 Å². The van der Waals surface area contributed by atoms with Crippen LogP contribution >= 0.6 is 11.6 Å². The van der Waals surface area contributed by atoms with E-state index in [1.165, 1.54) is 19.3 Å². The van der Waals surface area contributed by atoms with E-state index >= 15 is 0 Å². The van der Waals surface area contributed by atoms with Crippen LogP contribution in [-0.4, -0.2) is 29.4 Å². The monoisotopic (exact) mass is 349 g/mol. The first kappa shape index (κ1) is 17.3. The third-order valence-corrected chi connectivity index (χ3v) is 5.42. The van der Waals surface area contributed by atoms with Crippen LogP contribution in [0.3, 0.4) is 0 Å². The maximum atomic E-state index is 13.1. The van der Waals surface area contributed by atoms with Crippen LogP contribution in [0.1, 0.15) is 57.1 Å². The quantitative estimate of drug-likeness (QED) is 0.768. The molecule has 2 atom stereocenters. The highest BCUT2D eigenvalue weighted by Gasteiger charge is 2.43. The van der Waals surface area contributed by atoms with E-state index in [-0.39, 0.29) is 18.3 Å². The fourth-order valence-corrected chi connectivity index (χ4v) is 4.05. The van der Waals surface area contributed by atoms with Gasteiger partial charge in [-0.05, 0) is 37.5 Å². The summed E-state index contributed by atoms with van der Waals surface area (Å²) in [5.41, 5.74) is 0.836. The van der Waals surface area contributed by atoms with Crippen molar-refractivity contribution in [2.24, 2.45) is 5.92 Å². The Balaban J connectivity index is 1.80. The Morgan fingerprint density at radius 2 is 1.88 bits per heavy atom. The Labute approximate surface area is 148 Å². The van der Waals surface area contributed by atoms with Crippen molar-refractivity contribution in [1.82, 2.24) is 4.90 Å². The molecule has 0 spiro atoms. The molecule has 1 aromatic carbocycles. The summed E-state index contributed by atoms with van der Waals surface area (Å²) in [6, 6.07) is 7.51. The zero-order valence-electron chi connectivity index (χ0n) is 14.0. The molecule has 1 aromatic rings. The molecule has 0 aromatic heterocycles. The standard InChI is InChI=1S/C19H24ClNO3/c1-2-21(15-6-4-3-5-7-15)19(23)16-12-17(22)24-18(16)13-8-10-14(20)11-9-13/h8-11,15-16,18H,2-7,12H2,1H3/t16-,18+/m1/s1. The van der Waals surface area contributed by atoms with Crippen LogP contribution in [-0.2, 0) is 14.3 Å². The summed E-state index contributed by atoms with van der Waals surface area (Å²) in [5.74, 6) is -0.677. The average molecular weight is 350 g/mol. The summed E-state index contributed by atoms with van der Waals surface area (Å²) < 4.78 is 5.47. The van der Waals surface area contributed by atoms with Crippen LogP contribution in [0.4, 0.5) is 0 Å². The van der Waals surface area contributed by atoms with Crippen LogP contribution in [0.25, 0.3) is 0 Å². The van der Waals surface area contributed by atoms with Crippen molar-refractivity contribution in [3.05, 3.63) is 34.9 Å². The lowest BCUT2D eigenvalue weighted by atomic mass is 9.90. The first-order valence-corrected chi connectivity index (χ1v) is 9.23. The third kappa shape index (κ3) is 3.59. The molecular formula is C19H24ClNO3. The number of cyclic esters (lactones) is 1. The summed E-state index contributed by atoms with van der Waals surface area (Å²) in [6.45, 7) is 2.70. The molecule has 1 saturated carbocycles. The summed E-state index contributed by atoms with van der Waals surface area (Å²) in [6.07, 6.45) is 5.39. The number of rotatable bonds is 4. The zero-order valence-corrected chi connectivity index (χ0v) is 14.8. The molecule has 1 saturated heterocycles. The van der Waals surface area contributed by atoms with Crippen LogP contribution < -0.4 is 0 Å². The number of benzene rings is 1. The lowest BCUT2D eigenvalue weighted by molar-refractivity contribution is -0.143. The van der Waals surface area contributed by atoms with E-state index in [0.717, 1.165) is 18.4 Å². The number of esters is 1. The van der Waals surface area contributed by atoms with E-state index in [1.54, 1.807) is 12.1 Å². The lowest BCUT2D eigenvalue weighted by Gasteiger charge is -2.35. The highest BCUT2D eigenvalue weighted by molar-refractivity contribution is 6.30. The van der Waals surface area contributed by atoms with Gasteiger partial charge in [0, 0.05) is 17.6 Å². The lowest BCUT2D eigenvalue weighted by Crippen LogP contribution is -2.45. The van der Waals surface area contributed by atoms with Gasteiger partial charge in [-0.2, -0.15) is 0 Å². The number of ether oxygens (including phenoxy) is 1. The zero-order chi connectivity index (χ0) is 17.1. The minimum absolute atomic E-state index is 0.0511. The summed E-state index contributed by atoms with van der Waals surface area (Å²) in [7, 11) is 0. The van der Waals surface area contributed by atoms with Gasteiger partial charge in [0.2, 0.25) is 5.91 Å². The molecule has 0 radical (unpaired) electrons. The van der Waals surface area contributed by atoms with Gasteiger partial charge < -0.3 is 9.64 Å². The molecule has 1 aliphatic heterocycles. The normalized spacial score (nSPS) is 24.7. The molecule has 3 rings (SSSR count). The molecule has 0 unspecified atom stereocenters. The second kappa shape index (κ2) is 7.56. The molecule has 0 N–H and O–H groups in total. The number of halogens is 1. The number of carbonyl (C=O) groups excluding carboxylic acids is 2. The molecule has 1 aliphatic carbocycles. The predicted molar refractivity (Wildman–Crippen MR) is 92.7 cm³/mol. The average Bonchev–Trinajstić information content (AvgIpc) is 2.99. The molecule has 2 aliphatic rings. The predicted octanol–water partition coefficient (Wildman–Crippen LogP) is 4.13. The summed E-state index contributed by atoms with van der Waals surface area (Å²) >= 11 is 5.94. The Kier molecular flexibility index (Phi) is 5.44. The van der Waals surface area contributed by atoms with Gasteiger partial charge in [0.05, 0.1) is 12.3 Å². The smallest absolute Gasteiger partial charge is 0.307 e. The molecule has 130 valence electrons. The van der Waals surface area contributed by atoms with E-state index < -0.39 is 12.0 Å². The van der Waals surface area contributed by atoms with Crippen molar-refractivity contribution in [2.75, 3.05) is 6.54 Å². The van der Waals surface area contributed by atoms with E-state index in [0.29, 0.717) is 17.6 Å². The highest BCUT2D eigenvalue weighted by atomic mass is 35.5. The highest BCUT2D eigenvalue weighted by Crippen LogP contribution is 2.38. The minimum Gasteiger partial charge on any atom is -0.457 e. The van der Waals surface area contributed by atoms with Crippen LogP contribution in [0.15, 0.2) is 24.3 Å². The van der Waals surface area contributed by atoms with Gasteiger partial charge in [-0.3, -0.25) is 9.59 Å². The van der Waals surface area contributed by atoms with Crippen molar-refractivity contribution in [1.29, 1.82) is 0 Å². The number of amides is 1. The first-order valence-electron chi connectivity index (χ1n) is 8.85. The maximum absolute atomic E-state index is 13.1. The van der Waals surface area contributed by atoms with Gasteiger partial charge in [0.15, 0.2) is 0 Å². The first-order chi connectivity index (χ1) is 11.6. The molecule has 24 heavy (non-hydrogen) atoms. The van der Waals surface area contributed by atoms with E-state index in [1.807, 2.05) is 24.0 Å². The van der Waals surface area contributed by atoms with Gasteiger partial charge in [-0.1, -0.05) is 43.0 Å². The van der Waals surface area contributed by atoms with Crippen molar-refractivity contribution in [3.63, 3.8) is 0 Å². The van der Waals surface area contributed by atoms with Crippen LogP contribution in [0, 0.1) is 5.92 Å². The SMILES string of the molecule is CCN(C(=O)[C@@H]1CC(=O)O[C@H]1c1ccc(Cl)cc1)C1CCCCC1. The Bertz CT molecular complexity index is 595. The second-order valence-electron chi connectivity index (χ2n) is 6.69. The molecule has 1 heterocycles. The van der Waals surface area contributed by atoms with Gasteiger partial charge in [0.25, 0.3) is 0 Å². The van der Waals surface area contributed by atoms with Crippen molar-refractivity contribution < 1.29 is 14.3 Å². The molecule has 5 heteroatoms. The molecule has 4 nitrogen and oxygen atoms in total. The number of carbonyl (C=O) groups is 2. The largest absolute Gasteiger partial charge is 0.457 e. The third-order valence-electron chi connectivity index (χ3n) is 5.17. The van der Waals surface area contributed by atoms with E-state index in [9.17, 15) is 9.59 Å². The van der Waals surface area contributed by atoms with Gasteiger partial charge in [-0.25, -0.2) is 0 Å². The van der Waals surface area contributed by atoms with Crippen molar-refractivity contribution in [2.45, 2.75) is 57.6 Å². The molecule has 0 bridgehead atoms. The Morgan fingerprint density at radius 1 is 1.21 bits per heavy atom. The molecule has 1 amide bonds. The van der Waals surface area contributed by atoms with Crippen molar-refractivity contribution in [3.8, 4) is 0 Å². The maximum Gasteiger partial charge on any atom is 0.307 e. The number of hydrogen-bond donors (Lipinski definition) is 0. The van der Waals surface area contributed by atoms with Gasteiger partial charge in [0.1, 0.15) is 6.10 Å². The van der Waals surface area contributed by atoms with Gasteiger partial charge in [-0.15, -0.1) is 0 Å². The minimum atomic E-state index is -0.500. The summed E-state index contributed by atoms with van der Waals surface area (Å²) in [4.78, 5) is 27.0. The fraction of sp³-hybridized carbons (Fsp3) is 0.579. The van der Waals surface area contributed by atoms with Crippen LogP contribution in [0.2, 0.25) is 5.02 Å². The van der Waals surface area contributed by atoms with Gasteiger partial charge >= 0.3 is 5.97 Å². The Hall–Kier alpha value is -1.55. The number of nitrogens with zero attached hydrogens (tertiary/aromatic N) is 1. The van der Waals surface area contributed by atoms with E-state index in [4.69, 9.17) is 16.3 Å². The van der Waals surface area contributed by atoms with Crippen molar-refractivity contribution >= 4 is 23.5 Å². The summed E-state index contributed by atoms with van der Waals surface area (Å²) in [5, 5.41) is 0.628. The van der Waals surface area contributed by atoms with E-state index in [2.05, 4.69) is 0 Å². The topological polar surface area (TPSA) is 46.6 Å². The number of hydrogen-bond acceptors (Lipinski definition) is 3. The fourth-order valence-electron chi connectivity index (χ4n) is 3.93.